The van der Waals surface area contributed by atoms with Crippen LogP contribution in [0, 0.1) is 0 Å². The number of rotatable bonds is 3. The van der Waals surface area contributed by atoms with Crippen molar-refractivity contribution >= 4 is 45.3 Å². The minimum atomic E-state index is -1.25. The van der Waals surface area contributed by atoms with Crippen molar-refractivity contribution in [1.29, 1.82) is 0 Å². The van der Waals surface area contributed by atoms with E-state index in [1.165, 1.54) is 0 Å². The maximum absolute atomic E-state index is 10.8. The Kier molecular flexibility index (Phi) is 4.16. The first-order valence-corrected chi connectivity index (χ1v) is 8.72. The summed E-state index contributed by atoms with van der Waals surface area (Å²) >= 11 is 12.0. The number of aliphatic hydroxyl groups is 2. The molecular weight excluding hydrogens is 375 g/mol. The van der Waals surface area contributed by atoms with Gasteiger partial charge in [-0.1, -0.05) is 23.2 Å². The molecule has 26 heavy (non-hydrogen) atoms. The van der Waals surface area contributed by atoms with Crippen molar-refractivity contribution < 1.29 is 10.2 Å². The summed E-state index contributed by atoms with van der Waals surface area (Å²) in [5.41, 5.74) is 2.93. The van der Waals surface area contributed by atoms with E-state index in [0.717, 1.165) is 11.0 Å². The molecular formula is C18H16Cl2N4O2. The van der Waals surface area contributed by atoms with Crippen LogP contribution in [0.15, 0.2) is 36.4 Å². The average Bonchev–Trinajstić information content (AvgIpc) is 3.10. The third kappa shape index (κ3) is 2.66. The number of hydrogen-bond donors (Lipinski definition) is 2. The number of benzene rings is 2. The lowest BCUT2D eigenvalue weighted by atomic mass is 10.2. The lowest BCUT2D eigenvalue weighted by Gasteiger charge is -2.17. The van der Waals surface area contributed by atoms with Crippen LogP contribution in [0.25, 0.3) is 22.1 Å². The summed E-state index contributed by atoms with van der Waals surface area (Å²) in [6.45, 7) is 0. The van der Waals surface area contributed by atoms with E-state index < -0.39 is 12.2 Å². The highest BCUT2D eigenvalue weighted by Crippen LogP contribution is 2.32. The number of imidazole rings is 2. The fourth-order valence-electron chi connectivity index (χ4n) is 3.19. The third-order valence-corrected chi connectivity index (χ3v) is 5.05. The largest absolute Gasteiger partial charge is 0.382 e. The number of fused-ring (bicyclic) bond motifs is 2. The standard InChI is InChI=1S/C18H16Cl2N4O2/c1-23-13-5-3-9(19)7-11(13)21-17(23)15(25)16(26)18-22-12-8-10(20)4-6-14(12)24(18)2/h3-8,15-16,25-26H,1-2H3/t15-,16-/m1/s1. The highest BCUT2D eigenvalue weighted by molar-refractivity contribution is 6.31. The van der Waals surface area contributed by atoms with Crippen LogP contribution in [-0.2, 0) is 14.1 Å². The van der Waals surface area contributed by atoms with Crippen LogP contribution < -0.4 is 0 Å². The first-order chi connectivity index (χ1) is 12.4. The average molecular weight is 391 g/mol. The number of halogens is 2. The van der Waals surface area contributed by atoms with Crippen molar-refractivity contribution in [2.45, 2.75) is 12.2 Å². The van der Waals surface area contributed by atoms with Gasteiger partial charge in [0.25, 0.3) is 0 Å². The van der Waals surface area contributed by atoms with Gasteiger partial charge >= 0.3 is 0 Å². The Morgan fingerprint density at radius 3 is 1.54 bits per heavy atom. The molecule has 8 heteroatoms. The van der Waals surface area contributed by atoms with Crippen LogP contribution >= 0.6 is 23.2 Å². The van der Waals surface area contributed by atoms with Crippen LogP contribution in [0.4, 0.5) is 0 Å². The van der Waals surface area contributed by atoms with E-state index in [0.29, 0.717) is 32.7 Å². The van der Waals surface area contributed by atoms with Gasteiger partial charge < -0.3 is 19.3 Å². The van der Waals surface area contributed by atoms with Crippen LogP contribution in [0.5, 0.6) is 0 Å². The summed E-state index contributed by atoms with van der Waals surface area (Å²) in [5.74, 6) is 0.666. The molecule has 0 radical (unpaired) electrons. The molecule has 0 unspecified atom stereocenters. The molecule has 2 aromatic heterocycles. The van der Waals surface area contributed by atoms with E-state index in [1.54, 1.807) is 47.5 Å². The summed E-state index contributed by atoms with van der Waals surface area (Å²) in [6.07, 6.45) is -2.51. The molecule has 0 saturated carbocycles. The Bertz CT molecular complexity index is 1050. The minimum absolute atomic E-state index is 0.333. The molecule has 0 spiro atoms. The first kappa shape index (κ1) is 17.3. The van der Waals surface area contributed by atoms with Crippen LogP contribution in [0.3, 0.4) is 0 Å². The smallest absolute Gasteiger partial charge is 0.145 e. The van der Waals surface area contributed by atoms with E-state index in [2.05, 4.69) is 9.97 Å². The van der Waals surface area contributed by atoms with Gasteiger partial charge in [-0.2, -0.15) is 0 Å². The molecule has 0 aliphatic heterocycles. The molecule has 134 valence electrons. The molecule has 2 atom stereocenters. The van der Waals surface area contributed by atoms with E-state index >= 15 is 0 Å². The fourth-order valence-corrected chi connectivity index (χ4v) is 3.53. The van der Waals surface area contributed by atoms with Gasteiger partial charge in [0.05, 0.1) is 22.1 Å². The van der Waals surface area contributed by atoms with Crippen molar-refractivity contribution in [3.05, 3.63) is 58.1 Å². The summed E-state index contributed by atoms with van der Waals surface area (Å²) < 4.78 is 3.47. The van der Waals surface area contributed by atoms with E-state index in [9.17, 15) is 10.2 Å². The summed E-state index contributed by atoms with van der Waals surface area (Å²) in [4.78, 5) is 8.86. The highest BCUT2D eigenvalue weighted by atomic mass is 35.5. The quantitative estimate of drug-likeness (QED) is 0.560. The molecule has 0 aliphatic rings. The number of aromatic nitrogens is 4. The molecule has 0 bridgehead atoms. The monoisotopic (exact) mass is 390 g/mol. The first-order valence-electron chi connectivity index (χ1n) is 7.96. The van der Waals surface area contributed by atoms with Crippen molar-refractivity contribution in [2.75, 3.05) is 0 Å². The van der Waals surface area contributed by atoms with Crippen molar-refractivity contribution in [2.24, 2.45) is 14.1 Å². The van der Waals surface area contributed by atoms with Gasteiger partial charge in [0.2, 0.25) is 0 Å². The topological polar surface area (TPSA) is 76.1 Å². The number of hydrogen-bond acceptors (Lipinski definition) is 4. The van der Waals surface area contributed by atoms with E-state index in [4.69, 9.17) is 23.2 Å². The molecule has 2 heterocycles. The predicted molar refractivity (Wildman–Crippen MR) is 101 cm³/mol. The predicted octanol–water partition coefficient (Wildman–Crippen LogP) is 3.53. The molecule has 0 aliphatic carbocycles. The van der Waals surface area contributed by atoms with Crippen LogP contribution in [0.2, 0.25) is 10.0 Å². The van der Waals surface area contributed by atoms with Crippen molar-refractivity contribution in [3.8, 4) is 0 Å². The second-order valence-electron chi connectivity index (χ2n) is 6.21. The highest BCUT2D eigenvalue weighted by Gasteiger charge is 2.29. The zero-order chi connectivity index (χ0) is 18.6. The summed E-state index contributed by atoms with van der Waals surface area (Å²) in [7, 11) is 3.56. The Balaban J connectivity index is 1.78. The normalized spacial score (nSPS) is 14.2. The Labute approximate surface area is 159 Å². The molecule has 0 amide bonds. The lowest BCUT2D eigenvalue weighted by Crippen LogP contribution is -2.17. The molecule has 2 N–H and O–H groups in total. The van der Waals surface area contributed by atoms with E-state index in [-0.39, 0.29) is 0 Å². The van der Waals surface area contributed by atoms with Gasteiger partial charge in [0, 0.05) is 24.1 Å². The number of aliphatic hydroxyl groups excluding tert-OH is 2. The number of nitrogens with zero attached hydrogens (tertiary/aromatic N) is 4. The zero-order valence-electron chi connectivity index (χ0n) is 14.1. The van der Waals surface area contributed by atoms with Crippen molar-refractivity contribution in [3.63, 3.8) is 0 Å². The molecule has 0 fully saturated rings. The molecule has 4 rings (SSSR count). The Hall–Kier alpha value is -2.12. The molecule has 0 saturated heterocycles. The van der Waals surface area contributed by atoms with Gasteiger partial charge in [-0.05, 0) is 36.4 Å². The van der Waals surface area contributed by atoms with Gasteiger partial charge in [0.15, 0.2) is 0 Å². The van der Waals surface area contributed by atoms with E-state index in [1.807, 2.05) is 12.1 Å². The molecule has 2 aromatic carbocycles. The second-order valence-corrected chi connectivity index (χ2v) is 7.09. The molecule has 4 aromatic rings. The zero-order valence-corrected chi connectivity index (χ0v) is 15.6. The lowest BCUT2D eigenvalue weighted by molar-refractivity contribution is 0.00394. The number of aryl methyl sites for hydroxylation is 2. The maximum Gasteiger partial charge on any atom is 0.145 e. The maximum atomic E-state index is 10.8. The summed E-state index contributed by atoms with van der Waals surface area (Å²) in [5, 5.41) is 22.6. The Morgan fingerprint density at radius 1 is 0.769 bits per heavy atom. The molecule has 6 nitrogen and oxygen atoms in total. The SMILES string of the molecule is Cn1c([C@H](O)[C@@H](O)c2nc3cc(Cl)ccc3n2C)nc2cc(Cl)ccc21. The van der Waals surface area contributed by atoms with Gasteiger partial charge in [0.1, 0.15) is 23.9 Å². The minimum Gasteiger partial charge on any atom is -0.382 e. The second kappa shape index (κ2) is 6.25. The van der Waals surface area contributed by atoms with Gasteiger partial charge in [-0.3, -0.25) is 0 Å². The fraction of sp³-hybridized carbons (Fsp3) is 0.222. The Morgan fingerprint density at radius 2 is 1.15 bits per heavy atom. The van der Waals surface area contributed by atoms with Gasteiger partial charge in [-0.25, -0.2) is 9.97 Å². The summed E-state index contributed by atoms with van der Waals surface area (Å²) in [6, 6.07) is 10.6. The van der Waals surface area contributed by atoms with Crippen molar-refractivity contribution in [1.82, 2.24) is 19.1 Å². The third-order valence-electron chi connectivity index (χ3n) is 4.58. The van der Waals surface area contributed by atoms with Gasteiger partial charge in [-0.15, -0.1) is 0 Å². The van der Waals surface area contributed by atoms with Crippen LogP contribution in [0.1, 0.15) is 23.9 Å². The van der Waals surface area contributed by atoms with Crippen LogP contribution in [-0.4, -0.2) is 29.3 Å².